The predicted octanol–water partition coefficient (Wildman–Crippen LogP) is 3.40. The number of carbonyl (C=O) groups is 1. The molecule has 0 aromatic heterocycles. The molecule has 1 aliphatic heterocycles. The molecule has 1 heterocycles. The second-order valence-corrected chi connectivity index (χ2v) is 8.03. The number of carbonyl (C=O) groups excluding carboxylic acids is 1. The van der Waals surface area contributed by atoms with Crippen molar-refractivity contribution >= 4 is 11.9 Å². The SMILES string of the molecule is CCNC(=NCC1CC(=O)N(CCc2ccccc2)C1)NCCCc1cccc(F)c1. The molecule has 166 valence electrons. The zero-order valence-electron chi connectivity index (χ0n) is 18.3. The zero-order valence-corrected chi connectivity index (χ0v) is 18.3. The van der Waals surface area contributed by atoms with Crippen LogP contribution in [-0.4, -0.2) is 49.5 Å². The van der Waals surface area contributed by atoms with Crippen molar-refractivity contribution in [1.29, 1.82) is 0 Å². The van der Waals surface area contributed by atoms with Gasteiger partial charge in [0, 0.05) is 45.1 Å². The minimum Gasteiger partial charge on any atom is -0.357 e. The number of guanidine groups is 1. The summed E-state index contributed by atoms with van der Waals surface area (Å²) in [7, 11) is 0. The minimum absolute atomic E-state index is 0.190. The van der Waals surface area contributed by atoms with Crippen molar-refractivity contribution in [3.63, 3.8) is 0 Å². The maximum atomic E-state index is 13.3. The van der Waals surface area contributed by atoms with Crippen molar-refractivity contribution in [2.24, 2.45) is 10.9 Å². The van der Waals surface area contributed by atoms with Crippen LogP contribution in [0.25, 0.3) is 0 Å². The molecule has 1 atom stereocenters. The Labute approximate surface area is 184 Å². The van der Waals surface area contributed by atoms with Crippen molar-refractivity contribution in [1.82, 2.24) is 15.5 Å². The van der Waals surface area contributed by atoms with E-state index >= 15 is 0 Å². The smallest absolute Gasteiger partial charge is 0.223 e. The summed E-state index contributed by atoms with van der Waals surface area (Å²) >= 11 is 0. The number of hydrogen-bond acceptors (Lipinski definition) is 2. The first kappa shape index (κ1) is 22.8. The summed E-state index contributed by atoms with van der Waals surface area (Å²) in [6, 6.07) is 17.0. The number of nitrogens with zero attached hydrogens (tertiary/aromatic N) is 2. The lowest BCUT2D eigenvalue weighted by Gasteiger charge is -2.16. The molecule has 1 amide bonds. The predicted molar refractivity (Wildman–Crippen MR) is 124 cm³/mol. The number of benzene rings is 2. The molecular formula is C25H33FN4O. The van der Waals surface area contributed by atoms with Gasteiger partial charge in [0.25, 0.3) is 0 Å². The van der Waals surface area contributed by atoms with E-state index < -0.39 is 0 Å². The van der Waals surface area contributed by atoms with Crippen LogP contribution < -0.4 is 10.6 Å². The fourth-order valence-electron chi connectivity index (χ4n) is 3.86. The molecule has 1 unspecified atom stereocenters. The van der Waals surface area contributed by atoms with Crippen LogP contribution in [0.5, 0.6) is 0 Å². The summed E-state index contributed by atoms with van der Waals surface area (Å²) in [5, 5.41) is 6.61. The van der Waals surface area contributed by atoms with Crippen LogP contribution in [0.3, 0.4) is 0 Å². The van der Waals surface area contributed by atoms with Gasteiger partial charge < -0.3 is 15.5 Å². The molecule has 2 aromatic carbocycles. The van der Waals surface area contributed by atoms with E-state index in [4.69, 9.17) is 4.99 Å². The molecule has 5 nitrogen and oxygen atoms in total. The summed E-state index contributed by atoms with van der Waals surface area (Å²) in [5.74, 6) is 1.07. The van der Waals surface area contributed by atoms with E-state index in [1.54, 1.807) is 12.1 Å². The number of rotatable bonds is 10. The first-order chi connectivity index (χ1) is 15.1. The van der Waals surface area contributed by atoms with E-state index in [0.717, 1.165) is 57.0 Å². The van der Waals surface area contributed by atoms with Gasteiger partial charge in [0.2, 0.25) is 5.91 Å². The van der Waals surface area contributed by atoms with Crippen molar-refractivity contribution in [2.45, 2.75) is 32.6 Å². The number of likely N-dealkylation sites (tertiary alicyclic amines) is 1. The van der Waals surface area contributed by atoms with E-state index in [9.17, 15) is 9.18 Å². The highest BCUT2D eigenvalue weighted by atomic mass is 19.1. The van der Waals surface area contributed by atoms with Crippen LogP contribution in [0.15, 0.2) is 59.6 Å². The average Bonchev–Trinajstić information content (AvgIpc) is 3.13. The maximum Gasteiger partial charge on any atom is 0.223 e. The second-order valence-electron chi connectivity index (χ2n) is 8.03. The quantitative estimate of drug-likeness (QED) is 0.349. The molecule has 0 spiro atoms. The van der Waals surface area contributed by atoms with E-state index in [1.165, 1.54) is 11.6 Å². The van der Waals surface area contributed by atoms with Gasteiger partial charge in [-0.2, -0.15) is 0 Å². The standard InChI is InChI=1S/C25H33FN4O/c1-2-27-25(28-14-7-11-21-10-6-12-23(26)16-21)29-18-22-17-24(31)30(19-22)15-13-20-8-4-3-5-9-20/h3-6,8-10,12,16,22H,2,7,11,13-15,17-19H2,1H3,(H2,27,28,29). The Bertz CT molecular complexity index is 856. The van der Waals surface area contributed by atoms with Gasteiger partial charge in [-0.15, -0.1) is 0 Å². The summed E-state index contributed by atoms with van der Waals surface area (Å²) in [4.78, 5) is 19.0. The highest BCUT2D eigenvalue weighted by Gasteiger charge is 2.28. The molecule has 0 aliphatic carbocycles. The van der Waals surface area contributed by atoms with E-state index in [1.807, 2.05) is 36.1 Å². The number of halogens is 1. The van der Waals surface area contributed by atoms with Crippen molar-refractivity contribution < 1.29 is 9.18 Å². The lowest BCUT2D eigenvalue weighted by atomic mass is 10.1. The third-order valence-corrected chi connectivity index (χ3v) is 5.48. The average molecular weight is 425 g/mol. The molecule has 0 bridgehead atoms. The Balaban J connectivity index is 1.41. The third kappa shape index (κ3) is 7.70. The van der Waals surface area contributed by atoms with Crippen LogP contribution >= 0.6 is 0 Å². The molecule has 1 fully saturated rings. The number of aryl methyl sites for hydroxylation is 1. The van der Waals surface area contributed by atoms with Gasteiger partial charge in [-0.25, -0.2) is 4.39 Å². The zero-order chi connectivity index (χ0) is 21.9. The molecule has 0 saturated carbocycles. The fraction of sp³-hybridized carbons (Fsp3) is 0.440. The van der Waals surface area contributed by atoms with E-state index in [0.29, 0.717) is 13.0 Å². The van der Waals surface area contributed by atoms with E-state index in [2.05, 4.69) is 22.8 Å². The molecular weight excluding hydrogens is 391 g/mol. The summed E-state index contributed by atoms with van der Waals surface area (Å²) in [6.45, 7) is 5.74. The summed E-state index contributed by atoms with van der Waals surface area (Å²) in [5.41, 5.74) is 2.26. The van der Waals surface area contributed by atoms with Gasteiger partial charge in [0.1, 0.15) is 5.82 Å². The van der Waals surface area contributed by atoms with Crippen LogP contribution in [0.1, 0.15) is 30.9 Å². The third-order valence-electron chi connectivity index (χ3n) is 5.48. The van der Waals surface area contributed by atoms with Gasteiger partial charge in [-0.05, 0) is 49.4 Å². The van der Waals surface area contributed by atoms with Crippen LogP contribution in [0, 0.1) is 11.7 Å². The van der Waals surface area contributed by atoms with Crippen LogP contribution in [0.2, 0.25) is 0 Å². The molecule has 31 heavy (non-hydrogen) atoms. The Morgan fingerprint density at radius 1 is 1.10 bits per heavy atom. The highest BCUT2D eigenvalue weighted by molar-refractivity contribution is 5.80. The summed E-state index contributed by atoms with van der Waals surface area (Å²) < 4.78 is 13.3. The first-order valence-electron chi connectivity index (χ1n) is 11.2. The van der Waals surface area contributed by atoms with Gasteiger partial charge in [0.15, 0.2) is 5.96 Å². The molecule has 0 radical (unpaired) electrons. The Hall–Kier alpha value is -2.89. The van der Waals surface area contributed by atoms with Gasteiger partial charge in [-0.3, -0.25) is 9.79 Å². The second kappa shape index (κ2) is 12.1. The van der Waals surface area contributed by atoms with Gasteiger partial charge in [0.05, 0.1) is 0 Å². The molecule has 2 aromatic rings. The van der Waals surface area contributed by atoms with Gasteiger partial charge >= 0.3 is 0 Å². The van der Waals surface area contributed by atoms with Gasteiger partial charge in [-0.1, -0.05) is 42.5 Å². The molecule has 6 heteroatoms. The van der Waals surface area contributed by atoms with Crippen molar-refractivity contribution in [2.75, 3.05) is 32.7 Å². The highest BCUT2D eigenvalue weighted by Crippen LogP contribution is 2.18. The van der Waals surface area contributed by atoms with Crippen LogP contribution in [0.4, 0.5) is 4.39 Å². The normalized spacial score (nSPS) is 16.6. The minimum atomic E-state index is -0.190. The number of amides is 1. The topological polar surface area (TPSA) is 56.7 Å². The molecule has 2 N–H and O–H groups in total. The Kier molecular flexibility index (Phi) is 8.88. The lowest BCUT2D eigenvalue weighted by molar-refractivity contribution is -0.127. The first-order valence-corrected chi connectivity index (χ1v) is 11.2. The Morgan fingerprint density at radius 3 is 2.68 bits per heavy atom. The number of hydrogen-bond donors (Lipinski definition) is 2. The molecule has 1 aliphatic rings. The van der Waals surface area contributed by atoms with Crippen molar-refractivity contribution in [3.8, 4) is 0 Å². The van der Waals surface area contributed by atoms with E-state index in [-0.39, 0.29) is 17.6 Å². The maximum absolute atomic E-state index is 13.3. The fourth-order valence-corrected chi connectivity index (χ4v) is 3.86. The molecule has 1 saturated heterocycles. The Morgan fingerprint density at radius 2 is 1.90 bits per heavy atom. The summed E-state index contributed by atoms with van der Waals surface area (Å²) in [6.07, 6.45) is 3.16. The largest absolute Gasteiger partial charge is 0.357 e. The monoisotopic (exact) mass is 424 g/mol. The van der Waals surface area contributed by atoms with Crippen LogP contribution in [-0.2, 0) is 17.6 Å². The number of aliphatic imine (C=N–C) groups is 1. The number of nitrogens with one attached hydrogen (secondary N) is 2. The molecule has 3 rings (SSSR count). The lowest BCUT2D eigenvalue weighted by Crippen LogP contribution is -2.38. The van der Waals surface area contributed by atoms with Crippen molar-refractivity contribution in [3.05, 3.63) is 71.5 Å².